The van der Waals surface area contributed by atoms with E-state index >= 15 is 0 Å². The van der Waals surface area contributed by atoms with Crippen molar-refractivity contribution in [1.29, 1.82) is 0 Å². The fourth-order valence-electron chi connectivity index (χ4n) is 4.37. The van der Waals surface area contributed by atoms with Crippen LogP contribution in [0.15, 0.2) is 24.3 Å². The van der Waals surface area contributed by atoms with Gasteiger partial charge in [-0.1, -0.05) is 18.2 Å². The molecular formula is C20H23N3O2S. The van der Waals surface area contributed by atoms with Gasteiger partial charge in [0.15, 0.2) is 0 Å². The van der Waals surface area contributed by atoms with Gasteiger partial charge in [-0.2, -0.15) is 0 Å². The molecule has 6 heteroatoms. The van der Waals surface area contributed by atoms with Crippen LogP contribution in [0, 0.1) is 13.8 Å². The predicted molar refractivity (Wildman–Crippen MR) is 103 cm³/mol. The van der Waals surface area contributed by atoms with Crippen molar-refractivity contribution >= 4 is 28.8 Å². The van der Waals surface area contributed by atoms with E-state index in [0.717, 1.165) is 46.2 Å². The third-order valence-electron chi connectivity index (χ3n) is 5.65. The van der Waals surface area contributed by atoms with Crippen LogP contribution < -0.4 is 4.90 Å². The van der Waals surface area contributed by atoms with Crippen LogP contribution in [0.2, 0.25) is 0 Å². The lowest BCUT2D eigenvalue weighted by atomic mass is 9.75. The van der Waals surface area contributed by atoms with Crippen molar-refractivity contribution in [3.63, 3.8) is 0 Å². The quantitative estimate of drug-likeness (QED) is 0.818. The lowest BCUT2D eigenvalue weighted by Gasteiger charge is -2.39. The monoisotopic (exact) mass is 369 g/mol. The predicted octanol–water partition coefficient (Wildman–Crippen LogP) is 2.84. The first-order valence-corrected chi connectivity index (χ1v) is 9.82. The van der Waals surface area contributed by atoms with E-state index in [0.29, 0.717) is 13.0 Å². The number of para-hydroxylation sites is 1. The van der Waals surface area contributed by atoms with Gasteiger partial charge in [-0.3, -0.25) is 9.59 Å². The number of hydrogen-bond donors (Lipinski definition) is 0. The number of amides is 2. The smallest absolute Gasteiger partial charge is 0.239 e. The average molecular weight is 369 g/mol. The molecule has 0 bridgehead atoms. The molecule has 1 aromatic carbocycles. The second-order valence-corrected chi connectivity index (χ2v) is 8.59. The van der Waals surface area contributed by atoms with Gasteiger partial charge in [-0.05, 0) is 38.3 Å². The summed E-state index contributed by atoms with van der Waals surface area (Å²) >= 11 is 1.59. The summed E-state index contributed by atoms with van der Waals surface area (Å²) in [6, 6.07) is 7.98. The number of anilines is 1. The summed E-state index contributed by atoms with van der Waals surface area (Å²) < 4.78 is 0. The zero-order valence-corrected chi connectivity index (χ0v) is 16.2. The van der Waals surface area contributed by atoms with Crippen molar-refractivity contribution in [3.8, 4) is 0 Å². The minimum absolute atomic E-state index is 0.0932. The molecule has 26 heavy (non-hydrogen) atoms. The maximum atomic E-state index is 13.1. The van der Waals surface area contributed by atoms with Crippen molar-refractivity contribution in [2.24, 2.45) is 0 Å². The molecule has 1 atom stereocenters. The number of carbonyl (C=O) groups excluding carboxylic acids is 2. The third kappa shape index (κ3) is 2.55. The van der Waals surface area contributed by atoms with Crippen LogP contribution in [0.5, 0.6) is 0 Å². The minimum atomic E-state index is -0.585. The molecule has 1 saturated heterocycles. The number of aromatic nitrogens is 1. The van der Waals surface area contributed by atoms with Crippen molar-refractivity contribution in [2.75, 3.05) is 25.0 Å². The zero-order chi connectivity index (χ0) is 18.5. The number of likely N-dealkylation sites (tertiary alicyclic amines) is 1. The molecule has 1 unspecified atom stereocenters. The Morgan fingerprint density at radius 2 is 2.08 bits per heavy atom. The standard InChI is InChI=1S/C20H23N3O2S/c1-13-17(26-14(2)21-13)11-18(24)23-10-6-9-20(12-23)15-7-4-5-8-16(15)22(3)19(20)25/h4-5,7-8H,6,9-12H2,1-3H3. The van der Waals surface area contributed by atoms with Gasteiger partial charge in [0.2, 0.25) is 11.8 Å². The highest BCUT2D eigenvalue weighted by Gasteiger charge is 2.52. The van der Waals surface area contributed by atoms with Gasteiger partial charge in [0.25, 0.3) is 0 Å². The SMILES string of the molecule is Cc1nc(C)c(CC(=O)N2CCCC3(C2)C(=O)N(C)c2ccccc23)s1. The zero-order valence-electron chi connectivity index (χ0n) is 15.4. The molecule has 5 nitrogen and oxygen atoms in total. The molecule has 0 N–H and O–H groups in total. The van der Waals surface area contributed by atoms with E-state index in [1.165, 1.54) is 0 Å². The Balaban J connectivity index is 1.61. The molecule has 2 aliphatic heterocycles. The number of fused-ring (bicyclic) bond motifs is 2. The first kappa shape index (κ1) is 17.2. The van der Waals surface area contributed by atoms with E-state index < -0.39 is 5.41 Å². The van der Waals surface area contributed by atoms with Crippen LogP contribution in [0.3, 0.4) is 0 Å². The van der Waals surface area contributed by atoms with Crippen LogP contribution in [-0.4, -0.2) is 41.8 Å². The number of likely N-dealkylation sites (N-methyl/N-ethyl adjacent to an activating group) is 1. The van der Waals surface area contributed by atoms with E-state index in [2.05, 4.69) is 4.98 Å². The Bertz CT molecular complexity index is 891. The average Bonchev–Trinajstić information content (AvgIpc) is 3.05. The molecule has 2 amide bonds. The molecule has 136 valence electrons. The van der Waals surface area contributed by atoms with E-state index in [9.17, 15) is 9.59 Å². The maximum absolute atomic E-state index is 13.1. The lowest BCUT2D eigenvalue weighted by Crippen LogP contribution is -2.53. The van der Waals surface area contributed by atoms with Gasteiger partial charge >= 0.3 is 0 Å². The number of rotatable bonds is 2. The highest BCUT2D eigenvalue weighted by Crippen LogP contribution is 2.46. The van der Waals surface area contributed by atoms with Gasteiger partial charge < -0.3 is 9.80 Å². The fourth-order valence-corrected chi connectivity index (χ4v) is 5.29. The number of nitrogens with zero attached hydrogens (tertiary/aromatic N) is 3. The van der Waals surface area contributed by atoms with Gasteiger partial charge in [0.1, 0.15) is 0 Å². The molecule has 1 fully saturated rings. The van der Waals surface area contributed by atoms with Gasteiger partial charge in [0.05, 0.1) is 22.5 Å². The highest BCUT2D eigenvalue weighted by molar-refractivity contribution is 7.11. The number of piperidine rings is 1. The summed E-state index contributed by atoms with van der Waals surface area (Å²) in [5.74, 6) is 0.205. The first-order chi connectivity index (χ1) is 12.4. The molecular weight excluding hydrogens is 346 g/mol. The third-order valence-corrected chi connectivity index (χ3v) is 6.72. The number of thiazole rings is 1. The molecule has 3 heterocycles. The normalized spacial score (nSPS) is 22.2. The minimum Gasteiger partial charge on any atom is -0.341 e. The van der Waals surface area contributed by atoms with E-state index in [4.69, 9.17) is 0 Å². The molecule has 2 aliphatic rings. The molecule has 0 saturated carbocycles. The second kappa shape index (κ2) is 6.20. The van der Waals surface area contributed by atoms with E-state index in [-0.39, 0.29) is 11.8 Å². The van der Waals surface area contributed by atoms with Crippen molar-refractivity contribution < 1.29 is 9.59 Å². The largest absolute Gasteiger partial charge is 0.341 e. The van der Waals surface area contributed by atoms with Crippen LogP contribution >= 0.6 is 11.3 Å². The van der Waals surface area contributed by atoms with Gasteiger partial charge in [-0.25, -0.2) is 4.98 Å². The molecule has 1 spiro atoms. The Morgan fingerprint density at radius 1 is 1.31 bits per heavy atom. The molecule has 4 rings (SSSR count). The Labute approximate surface area is 157 Å². The number of aryl methyl sites for hydroxylation is 2. The lowest BCUT2D eigenvalue weighted by molar-refractivity contribution is -0.135. The number of benzene rings is 1. The van der Waals surface area contributed by atoms with Crippen LogP contribution in [0.1, 0.15) is 34.0 Å². The molecule has 1 aromatic heterocycles. The van der Waals surface area contributed by atoms with E-state index in [1.807, 2.05) is 50.1 Å². The molecule has 2 aromatic rings. The van der Waals surface area contributed by atoms with E-state index in [1.54, 1.807) is 16.2 Å². The molecule has 0 aliphatic carbocycles. The Morgan fingerprint density at radius 3 is 2.81 bits per heavy atom. The van der Waals surface area contributed by atoms with Gasteiger partial charge in [0, 0.05) is 30.7 Å². The molecule has 0 radical (unpaired) electrons. The van der Waals surface area contributed by atoms with Crippen LogP contribution in [0.25, 0.3) is 0 Å². The number of hydrogen-bond acceptors (Lipinski definition) is 4. The summed E-state index contributed by atoms with van der Waals surface area (Å²) in [5, 5.41) is 0.988. The first-order valence-electron chi connectivity index (χ1n) is 9.01. The van der Waals surface area contributed by atoms with Crippen molar-refractivity contribution in [3.05, 3.63) is 45.4 Å². The Kier molecular flexibility index (Phi) is 4.10. The Hall–Kier alpha value is -2.21. The fraction of sp³-hybridized carbons (Fsp3) is 0.450. The van der Waals surface area contributed by atoms with Crippen LogP contribution in [-0.2, 0) is 21.4 Å². The summed E-state index contributed by atoms with van der Waals surface area (Å²) in [6.07, 6.45) is 2.02. The number of carbonyl (C=O) groups is 2. The summed E-state index contributed by atoms with van der Waals surface area (Å²) in [4.78, 5) is 35.1. The topological polar surface area (TPSA) is 53.5 Å². The second-order valence-electron chi connectivity index (χ2n) is 7.30. The maximum Gasteiger partial charge on any atom is 0.239 e. The van der Waals surface area contributed by atoms with Crippen LogP contribution in [0.4, 0.5) is 5.69 Å². The van der Waals surface area contributed by atoms with Crippen molar-refractivity contribution in [1.82, 2.24) is 9.88 Å². The summed E-state index contributed by atoms with van der Waals surface area (Å²) in [5.41, 5.74) is 2.39. The summed E-state index contributed by atoms with van der Waals surface area (Å²) in [7, 11) is 1.83. The van der Waals surface area contributed by atoms with Gasteiger partial charge in [-0.15, -0.1) is 11.3 Å². The van der Waals surface area contributed by atoms with Crippen molar-refractivity contribution in [2.45, 2.75) is 38.5 Å². The highest BCUT2D eigenvalue weighted by atomic mass is 32.1. The summed E-state index contributed by atoms with van der Waals surface area (Å²) in [6.45, 7) is 5.11.